The summed E-state index contributed by atoms with van der Waals surface area (Å²) in [6.45, 7) is 3.24. The summed E-state index contributed by atoms with van der Waals surface area (Å²) in [4.78, 5) is 5.06. The third-order valence-corrected chi connectivity index (χ3v) is 1.95. The van der Waals surface area contributed by atoms with Gasteiger partial charge in [-0.2, -0.15) is 13.2 Å². The van der Waals surface area contributed by atoms with Gasteiger partial charge >= 0.3 is 6.18 Å². The molecule has 16 heavy (non-hydrogen) atoms. The first-order valence-corrected chi connectivity index (χ1v) is 5.27. The number of aliphatic imine (C=N–C) groups is 1. The van der Waals surface area contributed by atoms with Crippen molar-refractivity contribution in [3.05, 3.63) is 0 Å². The maximum atomic E-state index is 12.2. The van der Waals surface area contributed by atoms with Crippen molar-refractivity contribution in [1.82, 2.24) is 10.3 Å². The van der Waals surface area contributed by atoms with E-state index in [1.165, 1.54) is 0 Å². The first-order chi connectivity index (χ1) is 7.44. The highest BCUT2D eigenvalue weighted by Crippen LogP contribution is 2.16. The number of hydrogen-bond acceptors (Lipinski definition) is 2. The minimum absolute atomic E-state index is 0.0910. The number of unbranched alkanes of at least 4 members (excludes halogenated alkanes) is 1. The van der Waals surface area contributed by atoms with Crippen molar-refractivity contribution >= 4 is 5.96 Å². The van der Waals surface area contributed by atoms with E-state index in [4.69, 9.17) is 5.84 Å². The van der Waals surface area contributed by atoms with Crippen molar-refractivity contribution in [1.29, 1.82) is 0 Å². The maximum Gasteiger partial charge on any atom is 0.406 e. The van der Waals surface area contributed by atoms with Gasteiger partial charge in [-0.1, -0.05) is 13.3 Å². The normalized spacial score (nSPS) is 12.8. The van der Waals surface area contributed by atoms with Crippen molar-refractivity contribution in [3.8, 4) is 0 Å². The highest BCUT2D eigenvalue weighted by atomic mass is 19.4. The van der Waals surface area contributed by atoms with E-state index < -0.39 is 12.7 Å². The molecular weight excluding hydrogens is 221 g/mol. The van der Waals surface area contributed by atoms with Crippen LogP contribution in [0.25, 0.3) is 0 Å². The first-order valence-electron chi connectivity index (χ1n) is 5.27. The third kappa shape index (κ3) is 6.49. The largest absolute Gasteiger partial charge is 0.406 e. The Hall–Kier alpha value is -0.980. The zero-order chi connectivity index (χ0) is 12.6. The minimum atomic E-state index is -4.25. The summed E-state index contributed by atoms with van der Waals surface area (Å²) in [5.74, 6) is 5.25. The summed E-state index contributed by atoms with van der Waals surface area (Å²) in [7, 11) is 0. The number of alkyl halides is 3. The fourth-order valence-electron chi connectivity index (χ4n) is 1.13. The molecule has 0 radical (unpaired) electrons. The molecule has 0 aliphatic heterocycles. The van der Waals surface area contributed by atoms with Gasteiger partial charge in [-0.3, -0.25) is 10.4 Å². The molecule has 0 aromatic rings. The Morgan fingerprint density at radius 2 is 2.00 bits per heavy atom. The molecule has 0 aromatic heterocycles. The van der Waals surface area contributed by atoms with Gasteiger partial charge in [0.1, 0.15) is 6.54 Å². The predicted octanol–water partition coefficient (Wildman–Crippen LogP) is 1.49. The number of nitrogens with two attached hydrogens (primary N) is 1. The van der Waals surface area contributed by atoms with Crippen molar-refractivity contribution < 1.29 is 13.2 Å². The Bertz CT molecular complexity index is 215. The second kappa shape index (κ2) is 7.32. The summed E-state index contributed by atoms with van der Waals surface area (Å²) < 4.78 is 36.6. The molecule has 0 bridgehead atoms. The Morgan fingerprint density at radius 3 is 2.38 bits per heavy atom. The zero-order valence-corrected chi connectivity index (χ0v) is 9.64. The number of hydrazine groups is 1. The third-order valence-electron chi connectivity index (χ3n) is 1.95. The van der Waals surface area contributed by atoms with Crippen LogP contribution in [0.3, 0.4) is 0 Å². The van der Waals surface area contributed by atoms with E-state index in [0.29, 0.717) is 6.54 Å². The molecule has 0 aromatic carbocycles. The van der Waals surface area contributed by atoms with E-state index in [9.17, 15) is 13.2 Å². The van der Waals surface area contributed by atoms with Crippen molar-refractivity contribution in [2.75, 3.05) is 19.6 Å². The van der Waals surface area contributed by atoms with Crippen LogP contribution in [0.2, 0.25) is 0 Å². The summed E-state index contributed by atoms with van der Waals surface area (Å²) in [5.41, 5.74) is 2.21. The predicted molar refractivity (Wildman–Crippen MR) is 57.8 cm³/mol. The lowest BCUT2D eigenvalue weighted by molar-refractivity contribution is -0.137. The topological polar surface area (TPSA) is 53.6 Å². The number of rotatable bonds is 5. The molecule has 0 aliphatic rings. The fraction of sp³-hybridized carbons (Fsp3) is 0.889. The van der Waals surface area contributed by atoms with Gasteiger partial charge in [0.15, 0.2) is 0 Å². The Kier molecular flexibility index (Phi) is 6.87. The lowest BCUT2D eigenvalue weighted by Gasteiger charge is -2.25. The Morgan fingerprint density at radius 1 is 1.38 bits per heavy atom. The second-order valence-corrected chi connectivity index (χ2v) is 3.33. The summed E-state index contributed by atoms with van der Waals surface area (Å²) in [6.07, 6.45) is -2.49. The SMILES string of the molecule is CCCCN=C(NN)N(CC)CC(F)(F)F. The van der Waals surface area contributed by atoms with E-state index in [1.807, 2.05) is 6.92 Å². The van der Waals surface area contributed by atoms with Crippen LogP contribution < -0.4 is 11.3 Å². The molecule has 0 aliphatic carbocycles. The summed E-state index contributed by atoms with van der Waals surface area (Å²) >= 11 is 0. The number of guanidine groups is 1. The van der Waals surface area contributed by atoms with Gasteiger partial charge < -0.3 is 4.90 Å². The van der Waals surface area contributed by atoms with Crippen LogP contribution in [0.5, 0.6) is 0 Å². The minimum Gasteiger partial charge on any atom is -0.333 e. The first kappa shape index (κ1) is 15.0. The smallest absolute Gasteiger partial charge is 0.333 e. The summed E-state index contributed by atoms with van der Waals surface area (Å²) in [6, 6.07) is 0. The van der Waals surface area contributed by atoms with Crippen LogP contribution in [-0.4, -0.2) is 36.7 Å². The lowest BCUT2D eigenvalue weighted by Crippen LogP contribution is -2.48. The van der Waals surface area contributed by atoms with E-state index >= 15 is 0 Å². The van der Waals surface area contributed by atoms with Crippen LogP contribution in [0.1, 0.15) is 26.7 Å². The molecule has 4 nitrogen and oxygen atoms in total. The quantitative estimate of drug-likeness (QED) is 0.252. The monoisotopic (exact) mass is 240 g/mol. The molecule has 96 valence electrons. The molecule has 0 amide bonds. The van der Waals surface area contributed by atoms with Crippen molar-refractivity contribution in [3.63, 3.8) is 0 Å². The van der Waals surface area contributed by atoms with Gasteiger partial charge in [-0.05, 0) is 13.3 Å². The molecule has 0 saturated heterocycles. The molecule has 0 rings (SSSR count). The maximum absolute atomic E-state index is 12.2. The number of nitrogens with zero attached hydrogens (tertiary/aromatic N) is 2. The number of nitrogens with one attached hydrogen (secondary N) is 1. The average Bonchev–Trinajstić information content (AvgIpc) is 2.20. The molecule has 3 N–H and O–H groups in total. The molecule has 0 unspecified atom stereocenters. The Balaban J connectivity index is 4.43. The molecule has 0 saturated carbocycles. The number of halogens is 3. The molecule has 7 heteroatoms. The highest BCUT2D eigenvalue weighted by Gasteiger charge is 2.31. The van der Waals surface area contributed by atoms with Gasteiger partial charge in [0.25, 0.3) is 0 Å². The van der Waals surface area contributed by atoms with Gasteiger partial charge in [-0.15, -0.1) is 0 Å². The van der Waals surface area contributed by atoms with Crippen LogP contribution in [-0.2, 0) is 0 Å². The Labute approximate surface area is 93.7 Å². The van der Waals surface area contributed by atoms with Crippen molar-refractivity contribution in [2.24, 2.45) is 10.8 Å². The highest BCUT2D eigenvalue weighted by molar-refractivity contribution is 5.79. The standard InChI is InChI=1S/C9H19F3N4/c1-3-5-6-14-8(15-13)16(4-2)7-9(10,11)12/h3-7,13H2,1-2H3,(H,14,15). The average molecular weight is 240 g/mol. The van der Waals surface area contributed by atoms with E-state index in [1.54, 1.807) is 6.92 Å². The van der Waals surface area contributed by atoms with Crippen LogP contribution in [0, 0.1) is 0 Å². The van der Waals surface area contributed by atoms with E-state index in [2.05, 4.69) is 10.4 Å². The van der Waals surface area contributed by atoms with Gasteiger partial charge in [0.05, 0.1) is 0 Å². The van der Waals surface area contributed by atoms with Crippen LogP contribution in [0.15, 0.2) is 4.99 Å². The molecular formula is C9H19F3N4. The van der Waals surface area contributed by atoms with E-state index in [-0.39, 0.29) is 12.5 Å². The summed E-state index contributed by atoms with van der Waals surface area (Å²) in [5, 5.41) is 0. The van der Waals surface area contributed by atoms with Crippen LogP contribution in [0.4, 0.5) is 13.2 Å². The van der Waals surface area contributed by atoms with Gasteiger partial charge in [0.2, 0.25) is 5.96 Å². The van der Waals surface area contributed by atoms with Gasteiger partial charge in [0, 0.05) is 13.1 Å². The second-order valence-electron chi connectivity index (χ2n) is 3.33. The van der Waals surface area contributed by atoms with Gasteiger partial charge in [-0.25, -0.2) is 5.84 Å². The molecule has 0 heterocycles. The number of hydrogen-bond donors (Lipinski definition) is 2. The van der Waals surface area contributed by atoms with Crippen molar-refractivity contribution in [2.45, 2.75) is 32.9 Å². The van der Waals surface area contributed by atoms with E-state index in [0.717, 1.165) is 17.7 Å². The zero-order valence-electron chi connectivity index (χ0n) is 9.64. The fourth-order valence-corrected chi connectivity index (χ4v) is 1.13. The molecule has 0 atom stereocenters. The van der Waals surface area contributed by atoms with Crippen LogP contribution >= 0.6 is 0 Å². The molecule has 0 spiro atoms. The molecule has 0 fully saturated rings. The lowest BCUT2D eigenvalue weighted by atomic mass is 10.3.